The molecule has 0 spiro atoms. The lowest BCUT2D eigenvalue weighted by atomic mass is 10.1. The molecule has 0 saturated heterocycles. The smallest absolute Gasteiger partial charge is 0.336 e. The van der Waals surface area contributed by atoms with Gasteiger partial charge in [-0.05, 0) is 25.1 Å². The summed E-state index contributed by atoms with van der Waals surface area (Å²) in [7, 11) is 4.62. The van der Waals surface area contributed by atoms with E-state index in [0.29, 0.717) is 44.7 Å². The van der Waals surface area contributed by atoms with Crippen LogP contribution in [0.4, 0.5) is 0 Å². The molecule has 30 heavy (non-hydrogen) atoms. The quantitative estimate of drug-likeness (QED) is 0.473. The third-order valence-electron chi connectivity index (χ3n) is 5.11. The maximum absolute atomic E-state index is 13.4. The van der Waals surface area contributed by atoms with Crippen molar-refractivity contribution in [1.82, 2.24) is 14.1 Å². The topological polar surface area (TPSA) is 84.6 Å². The van der Waals surface area contributed by atoms with E-state index < -0.39 is 5.69 Å². The molecular formula is C22H21N3O5. The van der Waals surface area contributed by atoms with Crippen LogP contribution < -0.4 is 25.5 Å². The van der Waals surface area contributed by atoms with Crippen molar-refractivity contribution >= 4 is 21.8 Å². The predicted octanol–water partition coefficient (Wildman–Crippen LogP) is 2.75. The van der Waals surface area contributed by atoms with Gasteiger partial charge in [0, 0.05) is 24.2 Å². The zero-order chi connectivity index (χ0) is 21.4. The predicted molar refractivity (Wildman–Crippen MR) is 114 cm³/mol. The van der Waals surface area contributed by atoms with E-state index in [0.717, 1.165) is 0 Å². The summed E-state index contributed by atoms with van der Waals surface area (Å²) < 4.78 is 18.8. The zero-order valence-corrected chi connectivity index (χ0v) is 17.1. The highest BCUT2D eigenvalue weighted by Gasteiger charge is 2.19. The van der Waals surface area contributed by atoms with Crippen molar-refractivity contribution in [2.75, 3.05) is 21.3 Å². The van der Waals surface area contributed by atoms with Gasteiger partial charge in [-0.15, -0.1) is 0 Å². The Morgan fingerprint density at radius 1 is 0.900 bits per heavy atom. The van der Waals surface area contributed by atoms with Crippen molar-refractivity contribution in [3.63, 3.8) is 0 Å². The first-order valence-electron chi connectivity index (χ1n) is 9.39. The summed E-state index contributed by atoms with van der Waals surface area (Å²) in [4.78, 5) is 30.9. The van der Waals surface area contributed by atoms with Crippen molar-refractivity contribution in [3.8, 4) is 22.9 Å². The number of para-hydroxylation sites is 1. The standard InChI is InChI=1S/C22H21N3O5/c1-5-24-21(26)15-12-23-19-14(7-6-8-17(19)29-3)20(15)25(22(24)27)13-9-10-16(28-2)18(11-13)30-4/h6-12H,5H2,1-4H3. The lowest BCUT2D eigenvalue weighted by molar-refractivity contribution is 0.355. The minimum absolute atomic E-state index is 0.233. The van der Waals surface area contributed by atoms with Crippen LogP contribution in [-0.2, 0) is 6.54 Å². The van der Waals surface area contributed by atoms with E-state index in [4.69, 9.17) is 14.2 Å². The Balaban J connectivity index is 2.24. The van der Waals surface area contributed by atoms with E-state index in [1.165, 1.54) is 22.4 Å². The lowest BCUT2D eigenvalue weighted by Gasteiger charge is -2.17. The van der Waals surface area contributed by atoms with E-state index in [2.05, 4.69) is 4.98 Å². The number of hydrogen-bond donors (Lipinski definition) is 0. The molecule has 0 aliphatic rings. The second-order valence-corrected chi connectivity index (χ2v) is 6.58. The molecule has 0 saturated carbocycles. The van der Waals surface area contributed by atoms with Crippen LogP contribution in [0.25, 0.3) is 27.5 Å². The first-order valence-corrected chi connectivity index (χ1v) is 9.39. The van der Waals surface area contributed by atoms with Crippen LogP contribution in [-0.4, -0.2) is 35.4 Å². The van der Waals surface area contributed by atoms with Gasteiger partial charge in [0.25, 0.3) is 5.56 Å². The summed E-state index contributed by atoms with van der Waals surface area (Å²) in [6.07, 6.45) is 1.49. The molecule has 0 aliphatic heterocycles. The monoisotopic (exact) mass is 407 g/mol. The van der Waals surface area contributed by atoms with Gasteiger partial charge in [0.15, 0.2) is 11.5 Å². The Labute approximate surface area is 171 Å². The molecule has 0 aliphatic carbocycles. The molecule has 4 aromatic rings. The fraction of sp³-hybridized carbons (Fsp3) is 0.227. The number of pyridine rings is 1. The number of ether oxygens (including phenoxy) is 3. The minimum Gasteiger partial charge on any atom is -0.494 e. The van der Waals surface area contributed by atoms with E-state index in [1.807, 2.05) is 6.07 Å². The fourth-order valence-corrected chi connectivity index (χ4v) is 3.68. The average molecular weight is 407 g/mol. The molecule has 8 nitrogen and oxygen atoms in total. The molecule has 0 atom stereocenters. The number of fused-ring (bicyclic) bond motifs is 3. The fourth-order valence-electron chi connectivity index (χ4n) is 3.68. The molecule has 2 aromatic carbocycles. The molecule has 2 aromatic heterocycles. The Bertz CT molecular complexity index is 1390. The number of rotatable bonds is 5. The van der Waals surface area contributed by atoms with Crippen LogP contribution in [0.2, 0.25) is 0 Å². The van der Waals surface area contributed by atoms with Gasteiger partial charge in [-0.1, -0.05) is 12.1 Å². The van der Waals surface area contributed by atoms with Crippen LogP contribution in [0.3, 0.4) is 0 Å². The number of methoxy groups -OCH3 is 3. The SMILES string of the molecule is CCn1c(=O)c2cnc3c(OC)cccc3c2n(-c2ccc(OC)c(OC)c2)c1=O. The molecule has 0 radical (unpaired) electrons. The van der Waals surface area contributed by atoms with Crippen molar-refractivity contribution in [3.05, 3.63) is 63.4 Å². The largest absolute Gasteiger partial charge is 0.494 e. The Kier molecular flexibility index (Phi) is 4.91. The molecule has 8 heteroatoms. The van der Waals surface area contributed by atoms with Gasteiger partial charge in [-0.25, -0.2) is 4.79 Å². The van der Waals surface area contributed by atoms with Gasteiger partial charge in [0.05, 0.1) is 37.9 Å². The number of nitrogens with zero attached hydrogens (tertiary/aromatic N) is 3. The van der Waals surface area contributed by atoms with Crippen molar-refractivity contribution < 1.29 is 14.2 Å². The highest BCUT2D eigenvalue weighted by molar-refractivity contribution is 6.05. The first kappa shape index (κ1) is 19.5. The van der Waals surface area contributed by atoms with Gasteiger partial charge in [-0.3, -0.25) is 18.9 Å². The highest BCUT2D eigenvalue weighted by atomic mass is 16.5. The molecule has 0 N–H and O–H groups in total. The first-order chi connectivity index (χ1) is 14.5. The summed E-state index contributed by atoms with van der Waals surface area (Å²) in [5.74, 6) is 1.57. The molecular weight excluding hydrogens is 386 g/mol. The second-order valence-electron chi connectivity index (χ2n) is 6.58. The molecule has 0 amide bonds. The van der Waals surface area contributed by atoms with Gasteiger partial charge in [0.2, 0.25) is 0 Å². The molecule has 0 fully saturated rings. The molecule has 0 unspecified atom stereocenters. The van der Waals surface area contributed by atoms with Crippen molar-refractivity contribution in [2.45, 2.75) is 13.5 Å². The number of benzene rings is 2. The van der Waals surface area contributed by atoms with Crippen LogP contribution in [0.15, 0.2) is 52.2 Å². The average Bonchev–Trinajstić information content (AvgIpc) is 2.78. The van der Waals surface area contributed by atoms with Crippen LogP contribution in [0.1, 0.15) is 6.92 Å². The third-order valence-corrected chi connectivity index (χ3v) is 5.11. The molecule has 4 rings (SSSR count). The van der Waals surface area contributed by atoms with Crippen LogP contribution >= 0.6 is 0 Å². The molecule has 2 heterocycles. The summed E-state index contributed by atoms with van der Waals surface area (Å²) >= 11 is 0. The number of hydrogen-bond acceptors (Lipinski definition) is 6. The normalized spacial score (nSPS) is 11.1. The van der Waals surface area contributed by atoms with Crippen LogP contribution in [0.5, 0.6) is 17.2 Å². The summed E-state index contributed by atoms with van der Waals surface area (Å²) in [5.41, 5.74) is 0.741. The molecule has 154 valence electrons. The van der Waals surface area contributed by atoms with Crippen LogP contribution in [0, 0.1) is 0 Å². The second kappa shape index (κ2) is 7.55. The Morgan fingerprint density at radius 2 is 1.63 bits per heavy atom. The number of aromatic nitrogens is 3. The maximum atomic E-state index is 13.4. The highest BCUT2D eigenvalue weighted by Crippen LogP contribution is 2.32. The zero-order valence-electron chi connectivity index (χ0n) is 17.1. The van der Waals surface area contributed by atoms with E-state index >= 15 is 0 Å². The summed E-state index contributed by atoms with van der Waals surface area (Å²) in [6.45, 7) is 1.99. The van der Waals surface area contributed by atoms with Gasteiger partial charge in [-0.2, -0.15) is 0 Å². The third kappa shape index (κ3) is 2.80. The lowest BCUT2D eigenvalue weighted by Crippen LogP contribution is -2.39. The molecule has 0 bridgehead atoms. The minimum atomic E-state index is -0.447. The Hall–Kier alpha value is -3.81. The summed E-state index contributed by atoms with van der Waals surface area (Å²) in [5, 5.41) is 0.978. The van der Waals surface area contributed by atoms with Crippen molar-refractivity contribution in [2.24, 2.45) is 0 Å². The maximum Gasteiger partial charge on any atom is 0.336 e. The van der Waals surface area contributed by atoms with Crippen molar-refractivity contribution in [1.29, 1.82) is 0 Å². The van der Waals surface area contributed by atoms with Gasteiger partial charge >= 0.3 is 5.69 Å². The van der Waals surface area contributed by atoms with E-state index in [1.54, 1.807) is 51.5 Å². The van der Waals surface area contributed by atoms with Gasteiger partial charge in [0.1, 0.15) is 11.3 Å². The van der Waals surface area contributed by atoms with E-state index in [9.17, 15) is 9.59 Å². The van der Waals surface area contributed by atoms with Gasteiger partial charge < -0.3 is 14.2 Å². The Morgan fingerprint density at radius 3 is 2.30 bits per heavy atom. The summed E-state index contributed by atoms with van der Waals surface area (Å²) in [6, 6.07) is 10.6. The van der Waals surface area contributed by atoms with E-state index in [-0.39, 0.29) is 12.1 Å².